The Morgan fingerprint density at radius 2 is 1.73 bits per heavy atom. The third-order valence-electron chi connectivity index (χ3n) is 3.88. The van der Waals surface area contributed by atoms with Gasteiger partial charge in [0.25, 0.3) is 5.92 Å². The van der Waals surface area contributed by atoms with Gasteiger partial charge in [-0.3, -0.25) is 0 Å². The molecule has 88 valence electrons. The van der Waals surface area contributed by atoms with Crippen molar-refractivity contribution in [2.75, 3.05) is 6.54 Å². The summed E-state index contributed by atoms with van der Waals surface area (Å²) in [6.07, 6.45) is 6.68. The molecule has 0 spiro atoms. The summed E-state index contributed by atoms with van der Waals surface area (Å²) in [5.74, 6) is -2.77. The van der Waals surface area contributed by atoms with Gasteiger partial charge in [0.2, 0.25) is 0 Å². The molecule has 1 saturated heterocycles. The quantitative estimate of drug-likeness (QED) is 0.764. The van der Waals surface area contributed by atoms with E-state index in [9.17, 15) is 8.78 Å². The van der Waals surface area contributed by atoms with Crippen LogP contribution in [0.5, 0.6) is 0 Å². The van der Waals surface area contributed by atoms with E-state index in [-0.39, 0.29) is 18.4 Å². The van der Waals surface area contributed by atoms with E-state index in [0.717, 1.165) is 51.5 Å². The third kappa shape index (κ3) is 2.90. The van der Waals surface area contributed by atoms with Crippen molar-refractivity contribution in [3.63, 3.8) is 0 Å². The fraction of sp³-hybridized carbons (Fsp3) is 1.00. The van der Waals surface area contributed by atoms with Gasteiger partial charge in [-0.2, -0.15) is 0 Å². The zero-order valence-corrected chi connectivity index (χ0v) is 9.27. The molecule has 3 heteroatoms. The van der Waals surface area contributed by atoms with E-state index in [1.165, 1.54) is 0 Å². The van der Waals surface area contributed by atoms with Gasteiger partial charge >= 0.3 is 0 Å². The van der Waals surface area contributed by atoms with Gasteiger partial charge in [-0.05, 0) is 32.2 Å². The SMILES string of the molecule is FC(F)(CC1CCCN1)C1CCCCC1. The number of hydrogen-bond donors (Lipinski definition) is 1. The maximum atomic E-state index is 13.9. The van der Waals surface area contributed by atoms with Crippen LogP contribution in [0.3, 0.4) is 0 Å². The van der Waals surface area contributed by atoms with Crippen molar-refractivity contribution in [3.8, 4) is 0 Å². The van der Waals surface area contributed by atoms with E-state index >= 15 is 0 Å². The topological polar surface area (TPSA) is 12.0 Å². The predicted octanol–water partition coefficient (Wildman–Crippen LogP) is 3.34. The molecule has 0 amide bonds. The molecule has 1 heterocycles. The lowest BCUT2D eigenvalue weighted by atomic mass is 9.82. The molecule has 2 fully saturated rings. The van der Waals surface area contributed by atoms with Crippen molar-refractivity contribution in [2.45, 2.75) is 63.3 Å². The third-order valence-corrected chi connectivity index (χ3v) is 3.88. The normalized spacial score (nSPS) is 29.6. The predicted molar refractivity (Wildman–Crippen MR) is 57.2 cm³/mol. The summed E-state index contributed by atoms with van der Waals surface area (Å²) in [5.41, 5.74) is 0. The summed E-state index contributed by atoms with van der Waals surface area (Å²) >= 11 is 0. The molecule has 1 nitrogen and oxygen atoms in total. The summed E-state index contributed by atoms with van der Waals surface area (Å²) < 4.78 is 27.8. The molecule has 0 radical (unpaired) electrons. The van der Waals surface area contributed by atoms with Crippen molar-refractivity contribution in [1.29, 1.82) is 0 Å². The van der Waals surface area contributed by atoms with Gasteiger partial charge in [0.15, 0.2) is 0 Å². The zero-order chi connectivity index (χ0) is 10.7. The van der Waals surface area contributed by atoms with Crippen LogP contribution in [0.1, 0.15) is 51.4 Å². The monoisotopic (exact) mass is 217 g/mol. The van der Waals surface area contributed by atoms with Crippen molar-refractivity contribution in [3.05, 3.63) is 0 Å². The number of alkyl halides is 2. The zero-order valence-electron chi connectivity index (χ0n) is 9.27. The molecule has 15 heavy (non-hydrogen) atoms. The Bertz CT molecular complexity index is 194. The highest BCUT2D eigenvalue weighted by Gasteiger charge is 2.41. The van der Waals surface area contributed by atoms with Gasteiger partial charge < -0.3 is 5.32 Å². The van der Waals surface area contributed by atoms with E-state index in [1.54, 1.807) is 0 Å². The Balaban J connectivity index is 1.86. The average molecular weight is 217 g/mol. The fourth-order valence-electron chi connectivity index (χ4n) is 2.95. The fourth-order valence-corrected chi connectivity index (χ4v) is 2.95. The number of rotatable bonds is 3. The average Bonchev–Trinajstić information content (AvgIpc) is 2.71. The second-order valence-electron chi connectivity index (χ2n) is 5.09. The Morgan fingerprint density at radius 3 is 2.33 bits per heavy atom. The van der Waals surface area contributed by atoms with Gasteiger partial charge in [0, 0.05) is 18.4 Å². The molecule has 2 aliphatic rings. The van der Waals surface area contributed by atoms with Crippen LogP contribution in [0.4, 0.5) is 8.78 Å². The van der Waals surface area contributed by atoms with Gasteiger partial charge in [-0.1, -0.05) is 19.3 Å². The van der Waals surface area contributed by atoms with Gasteiger partial charge in [0.05, 0.1) is 0 Å². The van der Waals surface area contributed by atoms with Crippen LogP contribution < -0.4 is 5.32 Å². The molecule has 0 aromatic rings. The van der Waals surface area contributed by atoms with Crippen molar-refractivity contribution >= 4 is 0 Å². The molecular formula is C12H21F2N. The Morgan fingerprint density at radius 1 is 1.00 bits per heavy atom. The van der Waals surface area contributed by atoms with Gasteiger partial charge in [-0.25, -0.2) is 8.78 Å². The summed E-state index contributed by atoms with van der Waals surface area (Å²) in [7, 11) is 0. The van der Waals surface area contributed by atoms with E-state index < -0.39 is 5.92 Å². The molecule has 1 unspecified atom stereocenters. The van der Waals surface area contributed by atoms with Crippen LogP contribution in [-0.4, -0.2) is 18.5 Å². The van der Waals surface area contributed by atoms with Crippen molar-refractivity contribution < 1.29 is 8.78 Å². The summed E-state index contributed by atoms with van der Waals surface area (Å²) in [6, 6.07) is 0.0712. The maximum Gasteiger partial charge on any atom is 0.252 e. The second kappa shape index (κ2) is 4.77. The smallest absolute Gasteiger partial charge is 0.252 e. The molecular weight excluding hydrogens is 196 g/mol. The minimum atomic E-state index is -2.43. The first-order valence-corrected chi connectivity index (χ1v) is 6.30. The van der Waals surface area contributed by atoms with Crippen LogP contribution in [0.15, 0.2) is 0 Å². The molecule has 0 bridgehead atoms. The second-order valence-corrected chi connectivity index (χ2v) is 5.09. The molecule has 0 aromatic heterocycles. The summed E-state index contributed by atoms with van der Waals surface area (Å²) in [4.78, 5) is 0. The van der Waals surface area contributed by atoms with Crippen LogP contribution in [-0.2, 0) is 0 Å². The lowest BCUT2D eigenvalue weighted by Crippen LogP contribution is -2.37. The molecule has 1 aliphatic heterocycles. The van der Waals surface area contributed by atoms with Gasteiger partial charge in [-0.15, -0.1) is 0 Å². The Labute approximate surface area is 90.6 Å². The lowest BCUT2D eigenvalue weighted by molar-refractivity contribution is -0.0827. The number of nitrogens with one attached hydrogen (secondary N) is 1. The first kappa shape index (κ1) is 11.3. The van der Waals surface area contributed by atoms with Gasteiger partial charge in [0.1, 0.15) is 0 Å². The van der Waals surface area contributed by atoms with E-state index in [2.05, 4.69) is 5.32 Å². The number of halogens is 2. The Kier molecular flexibility index (Phi) is 3.60. The van der Waals surface area contributed by atoms with Crippen LogP contribution in [0.2, 0.25) is 0 Å². The molecule has 1 N–H and O–H groups in total. The van der Waals surface area contributed by atoms with E-state index in [4.69, 9.17) is 0 Å². The maximum absolute atomic E-state index is 13.9. The van der Waals surface area contributed by atoms with Crippen molar-refractivity contribution in [2.24, 2.45) is 5.92 Å². The molecule has 1 saturated carbocycles. The number of hydrogen-bond acceptors (Lipinski definition) is 1. The highest BCUT2D eigenvalue weighted by atomic mass is 19.3. The minimum absolute atomic E-state index is 0.0671. The highest BCUT2D eigenvalue weighted by Crippen LogP contribution is 2.40. The largest absolute Gasteiger partial charge is 0.314 e. The molecule has 1 aliphatic carbocycles. The van der Waals surface area contributed by atoms with Crippen LogP contribution in [0.25, 0.3) is 0 Å². The standard InChI is InChI=1S/C12H21F2N/c13-12(14,9-11-7-4-8-15-11)10-5-2-1-3-6-10/h10-11,15H,1-9H2. The van der Waals surface area contributed by atoms with E-state index in [1.807, 2.05) is 0 Å². The minimum Gasteiger partial charge on any atom is -0.314 e. The first-order chi connectivity index (χ1) is 7.18. The summed E-state index contributed by atoms with van der Waals surface area (Å²) in [5, 5.41) is 3.17. The first-order valence-electron chi connectivity index (χ1n) is 6.30. The molecule has 2 rings (SSSR count). The molecule has 0 aromatic carbocycles. The van der Waals surface area contributed by atoms with Crippen LogP contribution >= 0.6 is 0 Å². The van der Waals surface area contributed by atoms with E-state index in [0.29, 0.717) is 0 Å². The van der Waals surface area contributed by atoms with Crippen LogP contribution in [0, 0.1) is 5.92 Å². The highest BCUT2D eigenvalue weighted by molar-refractivity contribution is 4.86. The Hall–Kier alpha value is -0.180. The molecule has 1 atom stereocenters. The lowest BCUT2D eigenvalue weighted by Gasteiger charge is -2.31. The summed E-state index contributed by atoms with van der Waals surface area (Å²) in [6.45, 7) is 0.922. The van der Waals surface area contributed by atoms with Crippen molar-refractivity contribution in [1.82, 2.24) is 5.32 Å².